The lowest BCUT2D eigenvalue weighted by Crippen LogP contribution is -2.62. The molecule has 3 fully saturated rings. The summed E-state index contributed by atoms with van der Waals surface area (Å²) in [6, 6.07) is 2.98. The van der Waals surface area contributed by atoms with Crippen molar-refractivity contribution in [2.75, 3.05) is 20.8 Å². The Balaban J connectivity index is 1.44. The summed E-state index contributed by atoms with van der Waals surface area (Å²) < 4.78 is 44.2. The van der Waals surface area contributed by atoms with Gasteiger partial charge in [-0.05, 0) is 60.2 Å². The van der Waals surface area contributed by atoms with Gasteiger partial charge in [-0.3, -0.25) is 19.1 Å². The first-order chi connectivity index (χ1) is 25.9. The minimum Gasteiger partial charge on any atom is -0.497 e. The number of pyridine rings is 1. The molecule has 0 spiro atoms. The minimum atomic E-state index is -3.93. The van der Waals surface area contributed by atoms with Gasteiger partial charge in [-0.1, -0.05) is 47.1 Å². The van der Waals surface area contributed by atoms with Crippen LogP contribution in [0.15, 0.2) is 43.1 Å². The van der Waals surface area contributed by atoms with E-state index in [2.05, 4.69) is 32.2 Å². The molecule has 1 aromatic heterocycles. The summed E-state index contributed by atoms with van der Waals surface area (Å²) in [7, 11) is -1.15. The quantitative estimate of drug-likeness (QED) is 0.152. The molecule has 2 heterocycles. The number of amides is 5. The van der Waals surface area contributed by atoms with Crippen molar-refractivity contribution in [3.8, 4) is 11.6 Å². The Bertz CT molecular complexity index is 1950. The minimum absolute atomic E-state index is 0.0237. The Kier molecular flexibility index (Phi) is 12.0. The molecule has 2 aliphatic carbocycles. The lowest BCUT2D eigenvalue weighted by atomic mass is 9.85. The molecule has 0 unspecified atom stereocenters. The molecule has 16 nitrogen and oxygen atoms in total. The molecular formula is C38H52N6O10S. The molecule has 1 saturated heterocycles. The highest BCUT2D eigenvalue weighted by molar-refractivity contribution is 7.91. The lowest BCUT2D eigenvalue weighted by Gasteiger charge is -2.36. The van der Waals surface area contributed by atoms with Gasteiger partial charge in [0.25, 0.3) is 5.91 Å². The van der Waals surface area contributed by atoms with Crippen LogP contribution in [-0.4, -0.2) is 104 Å². The van der Waals surface area contributed by atoms with Gasteiger partial charge in [0.15, 0.2) is 0 Å². The largest absolute Gasteiger partial charge is 0.497 e. The third-order valence-electron chi connectivity index (χ3n) is 10.7. The number of nitrogens with one attached hydrogen (secondary N) is 4. The molecule has 3 aliphatic rings. The van der Waals surface area contributed by atoms with Gasteiger partial charge in [0, 0.05) is 23.9 Å². The van der Waals surface area contributed by atoms with Crippen molar-refractivity contribution >= 4 is 50.5 Å². The molecule has 2 saturated carbocycles. The summed E-state index contributed by atoms with van der Waals surface area (Å²) in [4.78, 5) is 74.2. The van der Waals surface area contributed by atoms with Crippen LogP contribution in [0.2, 0.25) is 0 Å². The fourth-order valence-electron chi connectivity index (χ4n) is 6.83. The molecule has 55 heavy (non-hydrogen) atoms. The number of benzene rings is 1. The standard InChI is InChI=1S/C38H52N6O10S/c1-9-21(3)29(34(47)53-8)40-36(49)41-30(37(4,5)6)33(46)44-20-25(54-32-27-14-11-24(52-7)17-22(27)15-16-39-32)18-28(44)31(45)42-38(19-23(38)10-2)35(48)43-55(50,51)26-12-13-26/h10-11,14-17,21,23,25-26,28-30H,2,9,12-13,18-20H2,1,3-8H3,(H,42,45)(H,43,48)(H2,40,41,49)/t21-,23+,25+,28-,29-,30+,38+/m0/s1. The number of ether oxygens (including phenoxy) is 3. The van der Waals surface area contributed by atoms with Gasteiger partial charge in [0.2, 0.25) is 27.7 Å². The third-order valence-corrected chi connectivity index (χ3v) is 12.5. The van der Waals surface area contributed by atoms with E-state index in [1.165, 1.54) is 18.1 Å². The molecule has 5 rings (SSSR count). The molecule has 5 amide bonds. The number of nitrogens with zero attached hydrogens (tertiary/aromatic N) is 2. The van der Waals surface area contributed by atoms with E-state index >= 15 is 0 Å². The van der Waals surface area contributed by atoms with Gasteiger partial charge in [0.05, 0.1) is 26.0 Å². The molecule has 1 aromatic carbocycles. The van der Waals surface area contributed by atoms with E-state index in [1.54, 1.807) is 59.2 Å². The zero-order valence-electron chi connectivity index (χ0n) is 32.3. The highest BCUT2D eigenvalue weighted by Gasteiger charge is 2.62. The summed E-state index contributed by atoms with van der Waals surface area (Å²) in [6.45, 7) is 12.5. The number of fused-ring (bicyclic) bond motifs is 1. The van der Waals surface area contributed by atoms with Crippen molar-refractivity contribution in [3.05, 3.63) is 43.1 Å². The molecule has 300 valence electrons. The van der Waals surface area contributed by atoms with Crippen LogP contribution in [0.25, 0.3) is 10.8 Å². The second kappa shape index (κ2) is 16.0. The number of hydrogen-bond acceptors (Lipinski definition) is 11. The van der Waals surface area contributed by atoms with Crippen LogP contribution in [-0.2, 0) is 33.9 Å². The van der Waals surface area contributed by atoms with E-state index < -0.39 is 86.1 Å². The summed E-state index contributed by atoms with van der Waals surface area (Å²) >= 11 is 0. The fraction of sp³-hybridized carbons (Fsp3) is 0.579. The Morgan fingerprint density at radius 2 is 1.82 bits per heavy atom. The second-order valence-electron chi connectivity index (χ2n) is 15.7. The van der Waals surface area contributed by atoms with Crippen molar-refractivity contribution in [2.45, 2.75) is 102 Å². The molecule has 17 heteroatoms. The van der Waals surface area contributed by atoms with Crippen molar-refractivity contribution in [1.29, 1.82) is 0 Å². The molecule has 1 aliphatic heterocycles. The predicted molar refractivity (Wildman–Crippen MR) is 202 cm³/mol. The number of urea groups is 1. The molecule has 7 atom stereocenters. The first-order valence-electron chi connectivity index (χ1n) is 18.4. The Morgan fingerprint density at radius 1 is 1.11 bits per heavy atom. The second-order valence-corrected chi connectivity index (χ2v) is 17.6. The number of methoxy groups -OCH3 is 2. The Labute approximate surface area is 321 Å². The lowest BCUT2D eigenvalue weighted by molar-refractivity contribution is -0.144. The highest BCUT2D eigenvalue weighted by Crippen LogP contribution is 2.45. The monoisotopic (exact) mass is 784 g/mol. The van der Waals surface area contributed by atoms with E-state index in [9.17, 15) is 32.4 Å². The third kappa shape index (κ3) is 8.97. The maximum Gasteiger partial charge on any atom is 0.328 e. The zero-order chi connectivity index (χ0) is 40.5. The van der Waals surface area contributed by atoms with Crippen LogP contribution in [0.3, 0.4) is 0 Å². The molecule has 2 aromatic rings. The topological polar surface area (TPSA) is 211 Å². The first-order valence-corrected chi connectivity index (χ1v) is 20.0. The summed E-state index contributed by atoms with van der Waals surface area (Å²) in [6.07, 6.45) is 3.81. The van der Waals surface area contributed by atoms with Gasteiger partial charge in [-0.15, -0.1) is 6.58 Å². The maximum absolute atomic E-state index is 14.6. The molecule has 0 radical (unpaired) electrons. The van der Waals surface area contributed by atoms with Gasteiger partial charge in [-0.25, -0.2) is 23.0 Å². The number of aromatic nitrogens is 1. The maximum atomic E-state index is 14.6. The number of likely N-dealkylation sites (tertiary alicyclic amines) is 1. The number of carbonyl (C=O) groups excluding carboxylic acids is 5. The summed E-state index contributed by atoms with van der Waals surface area (Å²) in [5.41, 5.74) is -2.49. The predicted octanol–water partition coefficient (Wildman–Crippen LogP) is 2.56. The van der Waals surface area contributed by atoms with E-state index in [1.807, 2.05) is 13.0 Å². The Hall–Kier alpha value is -4.93. The fourth-order valence-corrected chi connectivity index (χ4v) is 8.19. The zero-order valence-corrected chi connectivity index (χ0v) is 33.2. The van der Waals surface area contributed by atoms with Crippen LogP contribution >= 0.6 is 0 Å². The summed E-state index contributed by atoms with van der Waals surface area (Å²) in [5, 5.41) is 8.93. The molecule has 4 N–H and O–H groups in total. The van der Waals surface area contributed by atoms with Gasteiger partial charge < -0.3 is 35.1 Å². The Morgan fingerprint density at radius 3 is 2.40 bits per heavy atom. The number of hydrogen-bond donors (Lipinski definition) is 4. The van der Waals surface area contributed by atoms with E-state index in [0.29, 0.717) is 30.4 Å². The normalized spacial score (nSPS) is 23.8. The van der Waals surface area contributed by atoms with Gasteiger partial charge >= 0.3 is 12.0 Å². The number of sulfonamides is 1. The van der Waals surface area contributed by atoms with Gasteiger partial charge in [0.1, 0.15) is 35.5 Å². The van der Waals surface area contributed by atoms with Crippen molar-refractivity contribution in [1.82, 2.24) is 30.6 Å². The van der Waals surface area contributed by atoms with Crippen molar-refractivity contribution in [3.63, 3.8) is 0 Å². The molecule has 0 bridgehead atoms. The first kappa shape index (κ1) is 41.2. The van der Waals surface area contributed by atoms with E-state index in [4.69, 9.17) is 14.2 Å². The number of esters is 1. The van der Waals surface area contributed by atoms with Gasteiger partial charge in [-0.2, -0.15) is 0 Å². The van der Waals surface area contributed by atoms with Crippen LogP contribution < -0.4 is 30.1 Å². The van der Waals surface area contributed by atoms with E-state index in [0.717, 1.165) is 5.39 Å². The van der Waals surface area contributed by atoms with Crippen LogP contribution in [0.1, 0.15) is 66.7 Å². The van der Waals surface area contributed by atoms with Crippen molar-refractivity contribution < 1.29 is 46.6 Å². The average Bonchev–Trinajstić information content (AvgIpc) is 4.08. The summed E-state index contributed by atoms with van der Waals surface area (Å²) in [5.74, 6) is -2.78. The average molecular weight is 785 g/mol. The number of carbonyl (C=O) groups is 5. The number of rotatable bonds is 15. The van der Waals surface area contributed by atoms with Crippen LogP contribution in [0.5, 0.6) is 11.6 Å². The van der Waals surface area contributed by atoms with Crippen LogP contribution in [0.4, 0.5) is 4.79 Å². The smallest absolute Gasteiger partial charge is 0.328 e. The molecular weight excluding hydrogens is 733 g/mol. The SMILES string of the molecule is C=C[C@@H]1C[C@]1(NC(=O)[C@@H]1C[C@@H](Oc2nccc3cc(OC)ccc23)CN1C(=O)[C@@H](NC(=O)N[C@H](C(=O)OC)[C@@H](C)CC)C(C)(C)C)C(=O)NS(=O)(=O)C1CC1. The van der Waals surface area contributed by atoms with Crippen LogP contribution in [0, 0.1) is 17.3 Å². The van der Waals surface area contributed by atoms with E-state index in [-0.39, 0.29) is 31.2 Å². The van der Waals surface area contributed by atoms with Crippen molar-refractivity contribution in [2.24, 2.45) is 17.3 Å². The highest BCUT2D eigenvalue weighted by atomic mass is 32.2.